The summed E-state index contributed by atoms with van der Waals surface area (Å²) in [4.78, 5) is 0. The summed E-state index contributed by atoms with van der Waals surface area (Å²) >= 11 is 0. The minimum atomic E-state index is -0.253. The van der Waals surface area contributed by atoms with E-state index in [2.05, 4.69) is 13.8 Å². The Bertz CT molecular complexity index is 329. The predicted octanol–water partition coefficient (Wildman–Crippen LogP) is 1.10. The van der Waals surface area contributed by atoms with Gasteiger partial charge in [-0.1, -0.05) is 26.8 Å². The number of nitrogens with zero attached hydrogens (tertiary/aromatic N) is 1. The molecule has 0 aliphatic carbocycles. The summed E-state index contributed by atoms with van der Waals surface area (Å²) in [6.07, 6.45) is 7.13. The number of allylic oxidation sites excluding steroid dienone is 2. The van der Waals surface area contributed by atoms with E-state index in [1.165, 1.54) is 0 Å². The van der Waals surface area contributed by atoms with Gasteiger partial charge in [0, 0.05) is 11.9 Å². The number of aliphatic hydroxyl groups is 1. The van der Waals surface area contributed by atoms with Gasteiger partial charge in [-0.05, 0) is 24.8 Å². The van der Waals surface area contributed by atoms with Gasteiger partial charge in [0.15, 0.2) is 0 Å². The molecule has 0 aromatic rings. The first kappa shape index (κ1) is 16.0. The van der Waals surface area contributed by atoms with Gasteiger partial charge in [0.2, 0.25) is 0 Å². The summed E-state index contributed by atoms with van der Waals surface area (Å²) in [5.41, 5.74) is 6.46. The molecule has 1 rings (SSSR count). The van der Waals surface area contributed by atoms with Crippen LogP contribution >= 0.6 is 0 Å². The van der Waals surface area contributed by atoms with Crippen LogP contribution in [0.3, 0.4) is 0 Å². The van der Waals surface area contributed by atoms with Crippen molar-refractivity contribution in [1.29, 1.82) is 0 Å². The fraction of sp³-hybridized carbons (Fsp3) is 0.714. The van der Waals surface area contributed by atoms with E-state index in [4.69, 9.17) is 16.3 Å². The molecule has 3 atom stereocenters. The Labute approximate surface area is 115 Å². The minimum Gasteiger partial charge on any atom is -0.398 e. The van der Waals surface area contributed by atoms with Crippen LogP contribution in [-0.2, 0) is 4.74 Å². The fourth-order valence-electron chi connectivity index (χ4n) is 2.23. The maximum absolute atomic E-state index is 9.39. The monoisotopic (exact) mass is 269 g/mol. The van der Waals surface area contributed by atoms with E-state index in [0.717, 1.165) is 12.8 Å². The highest BCUT2D eigenvalue weighted by atomic mass is 16.5. The summed E-state index contributed by atoms with van der Waals surface area (Å²) in [5, 5.41) is 11.0. The molecule has 0 spiro atoms. The van der Waals surface area contributed by atoms with E-state index in [-0.39, 0.29) is 24.9 Å². The van der Waals surface area contributed by atoms with Gasteiger partial charge in [-0.15, -0.1) is 0 Å². The van der Waals surface area contributed by atoms with Crippen LogP contribution in [0.4, 0.5) is 0 Å². The smallest absolute Gasteiger partial charge is 0.103 e. The summed E-state index contributed by atoms with van der Waals surface area (Å²) in [6.45, 7) is 6.23. The molecule has 1 heterocycles. The van der Waals surface area contributed by atoms with Crippen LogP contribution in [0.25, 0.3) is 0 Å². The second-order valence-corrected chi connectivity index (χ2v) is 5.33. The molecule has 110 valence electrons. The second kappa shape index (κ2) is 7.53. The zero-order valence-corrected chi connectivity index (χ0v) is 12.1. The predicted molar refractivity (Wildman–Crippen MR) is 76.7 cm³/mol. The van der Waals surface area contributed by atoms with E-state index in [1.807, 2.05) is 19.1 Å². The van der Waals surface area contributed by atoms with Gasteiger partial charge in [0.25, 0.3) is 0 Å². The van der Waals surface area contributed by atoms with E-state index in [0.29, 0.717) is 11.6 Å². The lowest BCUT2D eigenvalue weighted by molar-refractivity contribution is -0.0208. The van der Waals surface area contributed by atoms with Gasteiger partial charge < -0.3 is 20.6 Å². The normalized spacial score (nSPS) is 28.5. The maximum Gasteiger partial charge on any atom is 0.103 e. The Balaban J connectivity index is 2.69. The van der Waals surface area contributed by atoms with Gasteiger partial charge in [0.05, 0.1) is 18.8 Å². The first-order chi connectivity index (χ1) is 8.99. The van der Waals surface area contributed by atoms with E-state index >= 15 is 0 Å². The molecule has 0 saturated carbocycles. The van der Waals surface area contributed by atoms with Gasteiger partial charge in [-0.3, -0.25) is 0 Å². The molecular weight excluding hydrogens is 242 g/mol. The zero-order valence-electron chi connectivity index (χ0n) is 12.1. The lowest BCUT2D eigenvalue weighted by atomic mass is 10.0. The maximum atomic E-state index is 9.39. The van der Waals surface area contributed by atoms with Crippen molar-refractivity contribution in [2.45, 2.75) is 51.9 Å². The van der Waals surface area contributed by atoms with Crippen LogP contribution in [0.1, 0.15) is 33.6 Å². The van der Waals surface area contributed by atoms with Crippen LogP contribution in [-0.4, -0.2) is 35.0 Å². The number of rotatable bonds is 6. The van der Waals surface area contributed by atoms with Crippen molar-refractivity contribution in [3.8, 4) is 0 Å². The van der Waals surface area contributed by atoms with Crippen LogP contribution in [0.15, 0.2) is 24.0 Å². The molecular formula is C14H27N3O2. The van der Waals surface area contributed by atoms with Gasteiger partial charge in [0.1, 0.15) is 6.10 Å². The number of nitrogens with two attached hydrogens (primary N) is 2. The average Bonchev–Trinajstić information content (AvgIpc) is 2.80. The Morgan fingerprint density at radius 1 is 1.53 bits per heavy atom. The molecule has 0 amide bonds. The summed E-state index contributed by atoms with van der Waals surface area (Å²) in [7, 11) is 0. The third-order valence-electron chi connectivity index (χ3n) is 3.40. The zero-order chi connectivity index (χ0) is 14.4. The van der Waals surface area contributed by atoms with E-state index < -0.39 is 0 Å². The third-order valence-corrected chi connectivity index (χ3v) is 3.40. The quantitative estimate of drug-likeness (QED) is 0.382. The topological polar surface area (TPSA) is 84.7 Å². The highest BCUT2D eigenvalue weighted by molar-refractivity contribution is 5.14. The Morgan fingerprint density at radius 3 is 2.74 bits per heavy atom. The summed E-state index contributed by atoms with van der Waals surface area (Å²) < 4.78 is 5.81. The molecule has 1 aliphatic rings. The van der Waals surface area contributed by atoms with Crippen molar-refractivity contribution in [1.82, 2.24) is 5.01 Å². The van der Waals surface area contributed by atoms with Crippen molar-refractivity contribution in [3.05, 3.63) is 24.0 Å². The van der Waals surface area contributed by atoms with E-state index in [9.17, 15) is 5.11 Å². The van der Waals surface area contributed by atoms with Crippen molar-refractivity contribution >= 4 is 0 Å². The number of ether oxygens (including phenoxy) is 1. The Morgan fingerprint density at radius 2 is 2.21 bits per heavy atom. The lowest BCUT2D eigenvalue weighted by Gasteiger charge is -2.25. The highest BCUT2D eigenvalue weighted by Crippen LogP contribution is 2.28. The molecule has 5 heteroatoms. The number of hydrogen-bond donors (Lipinski definition) is 3. The number of hydrogen-bond acceptors (Lipinski definition) is 5. The molecule has 19 heavy (non-hydrogen) atoms. The second-order valence-electron chi connectivity index (χ2n) is 5.33. The van der Waals surface area contributed by atoms with Crippen LogP contribution in [0.5, 0.6) is 0 Å². The third kappa shape index (κ3) is 4.53. The molecule has 5 N–H and O–H groups in total. The Kier molecular flexibility index (Phi) is 6.34. The molecule has 0 bridgehead atoms. The molecule has 1 fully saturated rings. The molecule has 3 unspecified atom stereocenters. The summed E-state index contributed by atoms with van der Waals surface area (Å²) in [6, 6.07) is -0.0361. The standard InChI is InChI=1S/C14H27N3O2/c1-4-5-6-11(15)8-17(16)12-7-13(10(2)3)19-14(12)9-18/h5-6,8,10,12-14,18H,4,7,9,15-16H2,1-3H3/b6-5+,11-8-. The molecule has 0 aromatic carbocycles. The summed E-state index contributed by atoms with van der Waals surface area (Å²) in [5.74, 6) is 6.44. The lowest BCUT2D eigenvalue weighted by Crippen LogP contribution is -2.43. The van der Waals surface area contributed by atoms with Crippen LogP contribution in [0.2, 0.25) is 0 Å². The molecule has 5 nitrogen and oxygen atoms in total. The number of aliphatic hydroxyl groups excluding tert-OH is 1. The number of hydrazine groups is 1. The largest absolute Gasteiger partial charge is 0.398 e. The minimum absolute atomic E-state index is 0.0276. The average molecular weight is 269 g/mol. The fourth-order valence-corrected chi connectivity index (χ4v) is 2.23. The molecule has 0 radical (unpaired) electrons. The Hall–Kier alpha value is -1.04. The SMILES string of the molecule is CC/C=C/C(N)=C/N(N)C1CC(C(C)C)OC1CO. The highest BCUT2D eigenvalue weighted by Gasteiger charge is 2.38. The first-order valence-corrected chi connectivity index (χ1v) is 6.92. The van der Waals surface area contributed by atoms with Crippen LogP contribution < -0.4 is 11.6 Å². The van der Waals surface area contributed by atoms with Gasteiger partial charge in [-0.25, -0.2) is 5.84 Å². The molecule has 1 aliphatic heterocycles. The van der Waals surface area contributed by atoms with Crippen molar-refractivity contribution in [2.24, 2.45) is 17.5 Å². The van der Waals surface area contributed by atoms with E-state index in [1.54, 1.807) is 11.2 Å². The van der Waals surface area contributed by atoms with Crippen LogP contribution in [0, 0.1) is 5.92 Å². The van der Waals surface area contributed by atoms with Crippen molar-refractivity contribution < 1.29 is 9.84 Å². The molecule has 0 aromatic heterocycles. The van der Waals surface area contributed by atoms with Crippen molar-refractivity contribution in [2.75, 3.05) is 6.61 Å². The molecule has 1 saturated heterocycles. The van der Waals surface area contributed by atoms with Gasteiger partial charge >= 0.3 is 0 Å². The van der Waals surface area contributed by atoms with Gasteiger partial charge in [-0.2, -0.15) is 0 Å². The van der Waals surface area contributed by atoms with Crippen molar-refractivity contribution in [3.63, 3.8) is 0 Å². The first-order valence-electron chi connectivity index (χ1n) is 6.92.